The van der Waals surface area contributed by atoms with Crippen molar-refractivity contribution in [3.63, 3.8) is 0 Å². The number of hydrogen-bond acceptors (Lipinski definition) is 1. The smallest absolute Gasteiger partial charge is 0.0684 e. The maximum atomic E-state index is 4.65. The molecule has 0 heterocycles. The van der Waals surface area contributed by atoms with Crippen LogP contribution in [0.1, 0.15) is 53.0 Å². The van der Waals surface area contributed by atoms with Gasteiger partial charge in [-0.3, -0.25) is 4.99 Å². The molecule has 1 nitrogen and oxygen atoms in total. The molecule has 1 aromatic carbocycles. The average Bonchev–Trinajstić information content (AvgIpc) is 2.28. The van der Waals surface area contributed by atoms with Gasteiger partial charge in [0.05, 0.1) is 5.70 Å². The topological polar surface area (TPSA) is 12.4 Å². The van der Waals surface area contributed by atoms with Crippen molar-refractivity contribution in [2.75, 3.05) is 0 Å². The molecule has 0 aromatic heterocycles. The summed E-state index contributed by atoms with van der Waals surface area (Å²) in [6.07, 6.45) is 4.26. The lowest BCUT2D eigenvalue weighted by Gasteiger charge is -2.15. The van der Waals surface area contributed by atoms with Gasteiger partial charge in [0.2, 0.25) is 0 Å². The fourth-order valence-electron chi connectivity index (χ4n) is 1.74. The van der Waals surface area contributed by atoms with E-state index in [1.807, 2.05) is 6.07 Å². The van der Waals surface area contributed by atoms with Crippen molar-refractivity contribution in [3.8, 4) is 0 Å². The van der Waals surface area contributed by atoms with Crippen LogP contribution >= 0.6 is 0 Å². The zero-order chi connectivity index (χ0) is 13.6. The number of allylic oxidation sites excluding steroid dienone is 1. The molecular weight excluding hydrogens is 218 g/mol. The minimum Gasteiger partial charge on any atom is -0.261 e. The molecular formula is C17H25N. The zero-order valence-corrected chi connectivity index (χ0v) is 12.3. The van der Waals surface area contributed by atoms with Crippen molar-refractivity contribution in [3.05, 3.63) is 41.5 Å². The minimum absolute atomic E-state index is 0.379. The largest absolute Gasteiger partial charge is 0.261 e. The van der Waals surface area contributed by atoms with Crippen LogP contribution in [0.5, 0.6) is 0 Å². The molecule has 1 rings (SSSR count). The Labute approximate surface area is 112 Å². The van der Waals surface area contributed by atoms with Crippen molar-refractivity contribution < 1.29 is 0 Å². The predicted molar refractivity (Wildman–Crippen MR) is 81.9 cm³/mol. The highest BCUT2D eigenvalue weighted by Gasteiger charge is 2.08. The van der Waals surface area contributed by atoms with E-state index in [1.165, 1.54) is 17.6 Å². The molecule has 18 heavy (non-hydrogen) atoms. The van der Waals surface area contributed by atoms with Crippen LogP contribution < -0.4 is 0 Å². The second-order valence-corrected chi connectivity index (χ2v) is 6.13. The van der Waals surface area contributed by atoms with Crippen LogP contribution in [0, 0.1) is 5.41 Å². The molecule has 0 aliphatic carbocycles. The van der Waals surface area contributed by atoms with Crippen LogP contribution in [0.3, 0.4) is 0 Å². The van der Waals surface area contributed by atoms with Crippen molar-refractivity contribution in [2.24, 2.45) is 10.4 Å². The summed E-state index contributed by atoms with van der Waals surface area (Å²) in [5.74, 6) is 0. The molecule has 0 amide bonds. The molecule has 0 aliphatic rings. The van der Waals surface area contributed by atoms with Crippen LogP contribution in [0.2, 0.25) is 0 Å². The third kappa shape index (κ3) is 5.31. The van der Waals surface area contributed by atoms with Crippen molar-refractivity contribution in [1.82, 2.24) is 0 Å². The highest BCUT2D eigenvalue weighted by atomic mass is 14.7. The Morgan fingerprint density at radius 1 is 1.11 bits per heavy atom. The third-order valence-corrected chi connectivity index (χ3v) is 2.76. The van der Waals surface area contributed by atoms with Crippen LogP contribution in [0.4, 0.5) is 0 Å². The highest BCUT2D eigenvalue weighted by Crippen LogP contribution is 2.22. The fraction of sp³-hybridized carbons (Fsp3) is 0.471. The predicted octanol–water partition coefficient (Wildman–Crippen LogP) is 5.33. The van der Waals surface area contributed by atoms with Gasteiger partial charge < -0.3 is 0 Å². The van der Waals surface area contributed by atoms with Gasteiger partial charge in [-0.2, -0.15) is 0 Å². The molecule has 0 saturated carbocycles. The van der Waals surface area contributed by atoms with E-state index in [4.69, 9.17) is 0 Å². The summed E-state index contributed by atoms with van der Waals surface area (Å²) < 4.78 is 0. The Morgan fingerprint density at radius 2 is 1.72 bits per heavy atom. The Hall–Kier alpha value is -1.37. The molecule has 0 radical (unpaired) electrons. The van der Waals surface area contributed by atoms with Gasteiger partial charge >= 0.3 is 0 Å². The molecule has 0 unspecified atom stereocenters. The molecule has 0 N–H and O–H groups in total. The summed E-state index contributed by atoms with van der Waals surface area (Å²) in [5.41, 5.74) is 3.94. The van der Waals surface area contributed by atoms with E-state index in [0.717, 1.165) is 12.1 Å². The summed E-state index contributed by atoms with van der Waals surface area (Å²) in [6, 6.07) is 10.4. The molecule has 0 saturated heterocycles. The monoisotopic (exact) mass is 243 g/mol. The zero-order valence-electron chi connectivity index (χ0n) is 12.3. The standard InChI is InChI=1S/C17H25N/c1-14(2)16(15-10-7-6-8-11-15)18-13-9-12-17(3,4)5/h6-8,10-11,13H,9,12H2,1-5H3. The lowest BCUT2D eigenvalue weighted by Crippen LogP contribution is -2.04. The number of aliphatic imine (C=N–C) groups is 1. The molecule has 1 heteroatoms. The van der Waals surface area contributed by atoms with Crippen LogP contribution in [-0.2, 0) is 0 Å². The average molecular weight is 243 g/mol. The Bertz CT molecular complexity index is 415. The number of nitrogens with zero attached hydrogens (tertiary/aromatic N) is 1. The first kappa shape index (κ1) is 14.7. The van der Waals surface area contributed by atoms with Crippen LogP contribution in [-0.4, -0.2) is 6.21 Å². The molecule has 0 bridgehead atoms. The van der Waals surface area contributed by atoms with Gasteiger partial charge in [0.25, 0.3) is 0 Å². The third-order valence-electron chi connectivity index (χ3n) is 2.76. The van der Waals surface area contributed by atoms with E-state index < -0.39 is 0 Å². The number of hydrogen-bond donors (Lipinski definition) is 0. The summed E-state index contributed by atoms with van der Waals surface area (Å²) in [5, 5.41) is 0. The number of benzene rings is 1. The fourth-order valence-corrected chi connectivity index (χ4v) is 1.74. The van der Waals surface area contributed by atoms with Gasteiger partial charge in [0.1, 0.15) is 0 Å². The van der Waals surface area contributed by atoms with Gasteiger partial charge in [-0.05, 0) is 32.1 Å². The lowest BCUT2D eigenvalue weighted by atomic mass is 9.91. The quantitative estimate of drug-likeness (QED) is 0.633. The van der Waals surface area contributed by atoms with E-state index in [1.54, 1.807) is 0 Å². The second-order valence-electron chi connectivity index (χ2n) is 6.13. The van der Waals surface area contributed by atoms with E-state index in [-0.39, 0.29) is 0 Å². The van der Waals surface area contributed by atoms with Crippen LogP contribution in [0.25, 0.3) is 5.70 Å². The van der Waals surface area contributed by atoms with E-state index in [9.17, 15) is 0 Å². The summed E-state index contributed by atoms with van der Waals surface area (Å²) in [4.78, 5) is 4.65. The first-order valence-electron chi connectivity index (χ1n) is 6.65. The van der Waals surface area contributed by atoms with Gasteiger partial charge in [0.15, 0.2) is 0 Å². The van der Waals surface area contributed by atoms with Crippen molar-refractivity contribution in [2.45, 2.75) is 47.5 Å². The van der Waals surface area contributed by atoms with E-state index in [0.29, 0.717) is 5.41 Å². The second kappa shape index (κ2) is 6.53. The van der Waals surface area contributed by atoms with Crippen LogP contribution in [0.15, 0.2) is 40.9 Å². The van der Waals surface area contributed by atoms with Crippen molar-refractivity contribution >= 4 is 11.9 Å². The first-order chi connectivity index (χ1) is 8.40. The first-order valence-corrected chi connectivity index (χ1v) is 6.65. The van der Waals surface area contributed by atoms with E-state index >= 15 is 0 Å². The SMILES string of the molecule is CC(C)=C(N=CCCC(C)(C)C)c1ccccc1. The van der Waals surface area contributed by atoms with Gasteiger partial charge in [-0.1, -0.05) is 56.7 Å². The number of rotatable bonds is 4. The van der Waals surface area contributed by atoms with Gasteiger partial charge in [-0.25, -0.2) is 0 Å². The minimum atomic E-state index is 0.379. The van der Waals surface area contributed by atoms with E-state index in [2.05, 4.69) is 70.1 Å². The molecule has 0 spiro atoms. The summed E-state index contributed by atoms with van der Waals surface area (Å²) in [7, 11) is 0. The molecule has 0 atom stereocenters. The maximum Gasteiger partial charge on any atom is 0.0684 e. The summed E-state index contributed by atoms with van der Waals surface area (Å²) >= 11 is 0. The molecule has 0 aliphatic heterocycles. The normalized spacial score (nSPS) is 11.8. The Morgan fingerprint density at radius 3 is 2.22 bits per heavy atom. The van der Waals surface area contributed by atoms with Gasteiger partial charge in [0, 0.05) is 11.8 Å². The Kier molecular flexibility index (Phi) is 5.33. The van der Waals surface area contributed by atoms with Crippen molar-refractivity contribution in [1.29, 1.82) is 0 Å². The van der Waals surface area contributed by atoms with Gasteiger partial charge in [-0.15, -0.1) is 0 Å². The molecule has 1 aromatic rings. The summed E-state index contributed by atoms with van der Waals surface area (Å²) in [6.45, 7) is 11.0. The molecule has 0 fully saturated rings. The highest BCUT2D eigenvalue weighted by molar-refractivity contribution is 5.75. The lowest BCUT2D eigenvalue weighted by molar-refractivity contribution is 0.387. The maximum absolute atomic E-state index is 4.65. The Balaban J connectivity index is 2.73. The molecule has 98 valence electrons.